The minimum atomic E-state index is -0.311. The highest BCUT2D eigenvalue weighted by Gasteiger charge is 2.05. The molecule has 0 aliphatic heterocycles. The normalized spacial score (nSPS) is 10.1. The molecule has 0 spiro atoms. The van der Waals surface area contributed by atoms with E-state index in [4.69, 9.17) is 11.6 Å². The summed E-state index contributed by atoms with van der Waals surface area (Å²) in [5.41, 5.74) is 0.915. The van der Waals surface area contributed by atoms with Crippen LogP contribution in [-0.2, 0) is 6.42 Å². The largest absolute Gasteiger partial charge is 0.349 e. The summed E-state index contributed by atoms with van der Waals surface area (Å²) in [6, 6.07) is 4.46. The maximum atomic E-state index is 12.9. The van der Waals surface area contributed by atoms with Gasteiger partial charge in [0.2, 0.25) is 0 Å². The lowest BCUT2D eigenvalue weighted by atomic mass is 10.1. The van der Waals surface area contributed by atoms with Gasteiger partial charge in [-0.2, -0.15) is 0 Å². The van der Waals surface area contributed by atoms with E-state index >= 15 is 0 Å². The number of nitrogens with zero attached hydrogens (tertiary/aromatic N) is 3. The number of hydrogen-bond acceptors (Lipinski definition) is 1. The van der Waals surface area contributed by atoms with Crippen molar-refractivity contribution in [2.75, 3.05) is 34.7 Å². The topological polar surface area (TPSA) is 18.8 Å². The maximum absolute atomic E-state index is 12.9. The second-order valence-corrected chi connectivity index (χ2v) is 4.86. The lowest BCUT2D eigenvalue weighted by Gasteiger charge is -2.22. The molecular weight excluding hydrogens is 253 g/mol. The van der Waals surface area contributed by atoms with Crippen molar-refractivity contribution in [3.63, 3.8) is 0 Å². The molecule has 0 radical (unpaired) electrons. The quantitative estimate of drug-likeness (QED) is 0.621. The molecule has 18 heavy (non-hydrogen) atoms. The van der Waals surface area contributed by atoms with Gasteiger partial charge in [0, 0.05) is 39.8 Å². The molecule has 0 atom stereocenters. The van der Waals surface area contributed by atoms with Gasteiger partial charge < -0.3 is 9.80 Å². The molecular formula is C13H19ClFN3. The summed E-state index contributed by atoms with van der Waals surface area (Å²) >= 11 is 5.96. The summed E-state index contributed by atoms with van der Waals surface area (Å²) in [7, 11) is 7.79. The van der Waals surface area contributed by atoms with Crippen LogP contribution in [0.2, 0.25) is 5.02 Å². The first-order valence-electron chi connectivity index (χ1n) is 5.75. The minimum Gasteiger partial charge on any atom is -0.349 e. The monoisotopic (exact) mass is 271 g/mol. The molecule has 100 valence electrons. The molecule has 5 heteroatoms. The van der Waals surface area contributed by atoms with E-state index in [1.165, 1.54) is 12.1 Å². The Morgan fingerprint density at radius 3 is 2.33 bits per heavy atom. The zero-order chi connectivity index (χ0) is 13.7. The fourth-order valence-electron chi connectivity index (χ4n) is 1.68. The third-order valence-electron chi connectivity index (χ3n) is 2.45. The van der Waals surface area contributed by atoms with E-state index in [0.717, 1.165) is 11.5 Å². The molecule has 0 aliphatic rings. The van der Waals surface area contributed by atoms with Crippen LogP contribution in [0.5, 0.6) is 0 Å². The molecule has 0 saturated heterocycles. The van der Waals surface area contributed by atoms with Crippen molar-refractivity contribution in [2.24, 2.45) is 4.99 Å². The van der Waals surface area contributed by atoms with Crippen LogP contribution in [0.25, 0.3) is 0 Å². The third kappa shape index (κ3) is 4.18. The van der Waals surface area contributed by atoms with E-state index in [-0.39, 0.29) is 5.82 Å². The van der Waals surface area contributed by atoms with Crippen LogP contribution < -0.4 is 0 Å². The Hall–Kier alpha value is -1.29. The van der Waals surface area contributed by atoms with E-state index < -0.39 is 0 Å². The van der Waals surface area contributed by atoms with Gasteiger partial charge in [0.1, 0.15) is 5.82 Å². The van der Waals surface area contributed by atoms with Crippen LogP contribution in [0.4, 0.5) is 4.39 Å². The Bertz CT molecular complexity index is 420. The summed E-state index contributed by atoms with van der Waals surface area (Å²) < 4.78 is 12.9. The van der Waals surface area contributed by atoms with Gasteiger partial charge in [-0.3, -0.25) is 4.99 Å². The Labute approximate surface area is 113 Å². The van der Waals surface area contributed by atoms with E-state index in [2.05, 4.69) is 4.99 Å². The highest BCUT2D eigenvalue weighted by atomic mass is 35.5. The number of aliphatic imine (C=N–C) groups is 1. The maximum Gasteiger partial charge on any atom is 0.195 e. The standard InChI is InChI=1S/C13H19ClFN3/c1-17(2)13(18(3)4)16-8-7-10-5-6-11(15)9-12(10)14/h5-6,9H,7-8H2,1-4H3. The molecule has 0 aliphatic carbocycles. The summed E-state index contributed by atoms with van der Waals surface area (Å²) in [6.07, 6.45) is 0.699. The van der Waals surface area contributed by atoms with Crippen LogP contribution in [0.3, 0.4) is 0 Å². The van der Waals surface area contributed by atoms with E-state index in [0.29, 0.717) is 18.0 Å². The molecule has 3 nitrogen and oxygen atoms in total. The van der Waals surface area contributed by atoms with Crippen LogP contribution in [0.1, 0.15) is 5.56 Å². The molecule has 0 fully saturated rings. The molecule has 0 heterocycles. The Kier molecular flexibility index (Phi) is 5.41. The lowest BCUT2D eigenvalue weighted by Crippen LogP contribution is -2.35. The van der Waals surface area contributed by atoms with Crippen molar-refractivity contribution in [2.45, 2.75) is 6.42 Å². The number of halogens is 2. The van der Waals surface area contributed by atoms with E-state index in [9.17, 15) is 4.39 Å². The van der Waals surface area contributed by atoms with Crippen molar-refractivity contribution >= 4 is 17.6 Å². The first-order chi connectivity index (χ1) is 8.41. The van der Waals surface area contributed by atoms with E-state index in [1.54, 1.807) is 6.07 Å². The molecule has 0 aromatic heterocycles. The SMILES string of the molecule is CN(C)C(=NCCc1ccc(F)cc1Cl)N(C)C. The molecule has 0 saturated carbocycles. The highest BCUT2D eigenvalue weighted by molar-refractivity contribution is 6.31. The first kappa shape index (κ1) is 14.8. The summed E-state index contributed by atoms with van der Waals surface area (Å²) in [5.74, 6) is 0.586. The second kappa shape index (κ2) is 6.59. The van der Waals surface area contributed by atoms with Gasteiger partial charge >= 0.3 is 0 Å². The van der Waals surface area contributed by atoms with Crippen LogP contribution in [-0.4, -0.2) is 50.5 Å². The second-order valence-electron chi connectivity index (χ2n) is 4.46. The molecule has 0 N–H and O–H groups in total. The first-order valence-corrected chi connectivity index (χ1v) is 6.12. The molecule has 0 unspecified atom stereocenters. The van der Waals surface area contributed by atoms with Gasteiger partial charge in [0.15, 0.2) is 5.96 Å². The van der Waals surface area contributed by atoms with E-state index in [1.807, 2.05) is 38.0 Å². The molecule has 1 rings (SSSR count). The van der Waals surface area contributed by atoms with Gasteiger partial charge in [-0.15, -0.1) is 0 Å². The Morgan fingerprint density at radius 1 is 1.22 bits per heavy atom. The fraction of sp³-hybridized carbons (Fsp3) is 0.462. The molecule has 1 aromatic rings. The average molecular weight is 272 g/mol. The number of hydrogen-bond donors (Lipinski definition) is 0. The predicted octanol–water partition coefficient (Wildman–Crippen LogP) is 2.50. The Morgan fingerprint density at radius 2 is 1.83 bits per heavy atom. The summed E-state index contributed by atoms with van der Waals surface area (Å²) in [4.78, 5) is 8.40. The summed E-state index contributed by atoms with van der Waals surface area (Å²) in [6.45, 7) is 0.622. The van der Waals surface area contributed by atoms with Crippen molar-refractivity contribution < 1.29 is 4.39 Å². The minimum absolute atomic E-state index is 0.311. The zero-order valence-corrected chi connectivity index (χ0v) is 12.0. The smallest absolute Gasteiger partial charge is 0.195 e. The number of guanidine groups is 1. The highest BCUT2D eigenvalue weighted by Crippen LogP contribution is 2.17. The van der Waals surface area contributed by atoms with Gasteiger partial charge in [-0.1, -0.05) is 17.7 Å². The van der Waals surface area contributed by atoms with Crippen LogP contribution in [0, 0.1) is 5.82 Å². The van der Waals surface area contributed by atoms with Crippen molar-refractivity contribution in [3.8, 4) is 0 Å². The number of rotatable bonds is 3. The van der Waals surface area contributed by atoms with Gasteiger partial charge in [0.25, 0.3) is 0 Å². The van der Waals surface area contributed by atoms with Crippen molar-refractivity contribution in [3.05, 3.63) is 34.6 Å². The van der Waals surface area contributed by atoms with Crippen molar-refractivity contribution in [1.29, 1.82) is 0 Å². The molecule has 1 aromatic carbocycles. The number of benzene rings is 1. The van der Waals surface area contributed by atoms with Crippen LogP contribution in [0.15, 0.2) is 23.2 Å². The average Bonchev–Trinajstić information content (AvgIpc) is 2.25. The fourth-order valence-corrected chi connectivity index (χ4v) is 1.95. The predicted molar refractivity (Wildman–Crippen MR) is 74.8 cm³/mol. The Balaban J connectivity index is 2.67. The van der Waals surface area contributed by atoms with Gasteiger partial charge in [-0.05, 0) is 24.1 Å². The molecule has 0 amide bonds. The lowest BCUT2D eigenvalue weighted by molar-refractivity contribution is 0.479. The van der Waals surface area contributed by atoms with Gasteiger partial charge in [-0.25, -0.2) is 4.39 Å². The van der Waals surface area contributed by atoms with Crippen molar-refractivity contribution in [1.82, 2.24) is 9.80 Å². The third-order valence-corrected chi connectivity index (χ3v) is 2.80. The van der Waals surface area contributed by atoms with Gasteiger partial charge in [0.05, 0.1) is 0 Å². The van der Waals surface area contributed by atoms with Crippen LogP contribution >= 0.6 is 11.6 Å². The summed E-state index contributed by atoms with van der Waals surface area (Å²) in [5, 5.41) is 0.460. The zero-order valence-electron chi connectivity index (χ0n) is 11.2. The molecule has 0 bridgehead atoms.